The Labute approximate surface area is 184 Å². The van der Waals surface area contributed by atoms with E-state index in [1.54, 1.807) is 0 Å². The zero-order valence-corrected chi connectivity index (χ0v) is 18.1. The molecule has 0 spiro atoms. The second-order valence-corrected chi connectivity index (χ2v) is 8.81. The van der Waals surface area contributed by atoms with Gasteiger partial charge in [0.1, 0.15) is 5.52 Å². The van der Waals surface area contributed by atoms with Crippen molar-refractivity contribution >= 4 is 16.8 Å². The molecule has 9 heteroatoms. The van der Waals surface area contributed by atoms with Gasteiger partial charge in [0.15, 0.2) is 5.78 Å². The maximum atomic E-state index is 12.8. The number of fused-ring (bicyclic) bond motifs is 2. The molecule has 4 aromatic rings. The first kappa shape index (κ1) is 20.5. The van der Waals surface area contributed by atoms with E-state index in [1.807, 2.05) is 41.1 Å². The van der Waals surface area contributed by atoms with Crippen LogP contribution in [0.1, 0.15) is 42.2 Å². The number of nitrogens with two attached hydrogens (primary N) is 2. The summed E-state index contributed by atoms with van der Waals surface area (Å²) in [4.78, 5) is 17.4. The van der Waals surface area contributed by atoms with E-state index in [4.69, 9.17) is 16.0 Å². The third kappa shape index (κ3) is 3.30. The topological polar surface area (TPSA) is 139 Å². The lowest BCUT2D eigenvalue weighted by Crippen LogP contribution is -2.44. The minimum absolute atomic E-state index is 0.0439. The maximum Gasteiger partial charge on any atom is 0.258 e. The van der Waals surface area contributed by atoms with E-state index in [9.17, 15) is 4.79 Å². The van der Waals surface area contributed by atoms with Crippen molar-refractivity contribution in [2.75, 3.05) is 13.1 Å². The van der Waals surface area contributed by atoms with Crippen LogP contribution in [0, 0.1) is 5.41 Å². The number of rotatable bonds is 5. The molecule has 0 atom stereocenters. The number of carbonyl (C=O) groups is 1. The van der Waals surface area contributed by atoms with Gasteiger partial charge in [-0.05, 0) is 69.3 Å². The van der Waals surface area contributed by atoms with Gasteiger partial charge >= 0.3 is 0 Å². The van der Waals surface area contributed by atoms with Crippen LogP contribution in [0.2, 0.25) is 0 Å². The van der Waals surface area contributed by atoms with E-state index in [0.717, 1.165) is 22.2 Å². The Morgan fingerprint density at radius 2 is 1.88 bits per heavy atom. The molecule has 1 aliphatic rings. The largest absolute Gasteiger partial charge is 0.334 e. The van der Waals surface area contributed by atoms with Crippen LogP contribution in [-0.4, -0.2) is 44.0 Å². The summed E-state index contributed by atoms with van der Waals surface area (Å²) in [7, 11) is 0. The Bertz CT molecular complexity index is 1320. The summed E-state index contributed by atoms with van der Waals surface area (Å²) in [6, 6.07) is 11.6. The molecule has 2 heterocycles. The second-order valence-electron chi connectivity index (χ2n) is 8.81. The van der Waals surface area contributed by atoms with Crippen LogP contribution in [-0.2, 0) is 6.42 Å². The highest BCUT2D eigenvalue weighted by molar-refractivity contribution is 6.00. The summed E-state index contributed by atoms with van der Waals surface area (Å²) in [6.07, 6.45) is 1.04. The van der Waals surface area contributed by atoms with Crippen molar-refractivity contribution < 1.29 is 9.32 Å². The fourth-order valence-corrected chi connectivity index (χ4v) is 4.32. The number of hydrogen-bond donors (Lipinski definition) is 2. The molecule has 1 aliphatic carbocycles. The highest BCUT2D eigenvalue weighted by Gasteiger charge is 2.36. The monoisotopic (exact) mass is 431 g/mol. The van der Waals surface area contributed by atoms with Crippen molar-refractivity contribution in [1.82, 2.24) is 25.1 Å². The van der Waals surface area contributed by atoms with Crippen molar-refractivity contribution in [1.29, 1.82) is 0 Å². The standard InChI is InChI=1S/C23H25N7O2/c1-13(2)30-19-6-5-14(8-18(19)27-29-30)21-26-22(32-28-21)15-3-4-16-9-23(11-24,12-25)10-20(31)17(16)7-15/h3-8,13H,9-12,24-25H2,1-2H3. The molecule has 2 aromatic heterocycles. The van der Waals surface area contributed by atoms with Crippen LogP contribution in [0.15, 0.2) is 40.9 Å². The molecule has 4 N–H and O–H groups in total. The van der Waals surface area contributed by atoms with Gasteiger partial charge in [0.2, 0.25) is 5.82 Å². The van der Waals surface area contributed by atoms with E-state index < -0.39 is 0 Å². The van der Waals surface area contributed by atoms with Crippen LogP contribution in [0.3, 0.4) is 0 Å². The van der Waals surface area contributed by atoms with E-state index in [2.05, 4.69) is 34.3 Å². The number of nitrogens with zero attached hydrogens (tertiary/aromatic N) is 5. The number of Topliss-reactive ketones (excluding diaryl/α,β-unsaturated/α-hetero) is 1. The number of aromatic nitrogens is 5. The Hall–Kier alpha value is -3.43. The fourth-order valence-electron chi connectivity index (χ4n) is 4.32. The Kier molecular flexibility index (Phi) is 4.87. The highest BCUT2D eigenvalue weighted by atomic mass is 16.5. The first-order valence-electron chi connectivity index (χ1n) is 10.7. The van der Waals surface area contributed by atoms with Crippen LogP contribution < -0.4 is 11.5 Å². The molecule has 9 nitrogen and oxygen atoms in total. The van der Waals surface area contributed by atoms with Crippen LogP contribution in [0.25, 0.3) is 33.9 Å². The minimum Gasteiger partial charge on any atom is -0.334 e. The fraction of sp³-hybridized carbons (Fsp3) is 0.348. The lowest BCUT2D eigenvalue weighted by Gasteiger charge is -2.35. The van der Waals surface area contributed by atoms with Gasteiger partial charge < -0.3 is 16.0 Å². The molecule has 0 saturated carbocycles. The molecule has 0 saturated heterocycles. The smallest absolute Gasteiger partial charge is 0.258 e. The van der Waals surface area contributed by atoms with Crippen LogP contribution in [0.4, 0.5) is 0 Å². The van der Waals surface area contributed by atoms with Gasteiger partial charge in [-0.25, -0.2) is 4.68 Å². The molecule has 0 radical (unpaired) electrons. The van der Waals surface area contributed by atoms with Crippen molar-refractivity contribution in [2.24, 2.45) is 16.9 Å². The van der Waals surface area contributed by atoms with Crippen LogP contribution in [0.5, 0.6) is 0 Å². The van der Waals surface area contributed by atoms with Gasteiger partial charge in [-0.3, -0.25) is 4.79 Å². The zero-order chi connectivity index (χ0) is 22.5. The van der Waals surface area contributed by atoms with Gasteiger partial charge in [0.25, 0.3) is 5.89 Å². The SMILES string of the molecule is CC(C)n1nnc2cc(-c3noc(-c4ccc5c(c4)C(=O)CC(CN)(CN)C5)n3)ccc21. The number of ketones is 1. The Morgan fingerprint density at radius 1 is 1.09 bits per heavy atom. The van der Waals surface area contributed by atoms with Gasteiger partial charge in [-0.15, -0.1) is 5.10 Å². The molecule has 5 rings (SSSR count). The average molecular weight is 432 g/mol. The van der Waals surface area contributed by atoms with Gasteiger partial charge in [-0.2, -0.15) is 4.98 Å². The third-order valence-corrected chi connectivity index (χ3v) is 6.27. The van der Waals surface area contributed by atoms with Gasteiger partial charge in [-0.1, -0.05) is 16.4 Å². The lowest BCUT2D eigenvalue weighted by atomic mass is 9.71. The first-order chi connectivity index (χ1) is 15.4. The molecule has 0 aliphatic heterocycles. The summed E-state index contributed by atoms with van der Waals surface area (Å²) in [5.74, 6) is 0.855. The molecular weight excluding hydrogens is 406 g/mol. The molecule has 164 valence electrons. The minimum atomic E-state index is -0.362. The lowest BCUT2D eigenvalue weighted by molar-refractivity contribution is 0.0896. The second kappa shape index (κ2) is 7.61. The molecule has 0 fully saturated rings. The molecule has 0 bridgehead atoms. The Morgan fingerprint density at radius 3 is 2.62 bits per heavy atom. The summed E-state index contributed by atoms with van der Waals surface area (Å²) < 4.78 is 7.39. The summed E-state index contributed by atoms with van der Waals surface area (Å²) in [5, 5.41) is 12.6. The van der Waals surface area contributed by atoms with Crippen molar-refractivity contribution in [3.05, 3.63) is 47.5 Å². The van der Waals surface area contributed by atoms with Crippen LogP contribution >= 0.6 is 0 Å². The predicted molar refractivity (Wildman–Crippen MR) is 120 cm³/mol. The first-order valence-corrected chi connectivity index (χ1v) is 10.7. The summed E-state index contributed by atoms with van der Waals surface area (Å²) in [6.45, 7) is 4.89. The normalized spacial score (nSPS) is 15.5. The Balaban J connectivity index is 1.46. The molecular formula is C23H25N7O2. The third-order valence-electron chi connectivity index (χ3n) is 6.27. The van der Waals surface area contributed by atoms with Crippen molar-refractivity contribution in [2.45, 2.75) is 32.7 Å². The quantitative estimate of drug-likeness (QED) is 0.492. The van der Waals surface area contributed by atoms with Gasteiger partial charge in [0.05, 0.1) is 5.52 Å². The summed E-state index contributed by atoms with van der Waals surface area (Å²) in [5.41, 5.74) is 16.3. The average Bonchev–Trinajstić information content (AvgIpc) is 3.46. The number of benzene rings is 2. The van der Waals surface area contributed by atoms with Crippen molar-refractivity contribution in [3.63, 3.8) is 0 Å². The highest BCUT2D eigenvalue weighted by Crippen LogP contribution is 2.36. The van der Waals surface area contributed by atoms with E-state index in [1.165, 1.54) is 0 Å². The molecule has 32 heavy (non-hydrogen) atoms. The predicted octanol–water partition coefficient (Wildman–Crippen LogP) is 2.76. The van der Waals surface area contributed by atoms with Gasteiger partial charge in [0, 0.05) is 34.6 Å². The summed E-state index contributed by atoms with van der Waals surface area (Å²) >= 11 is 0. The van der Waals surface area contributed by atoms with E-state index >= 15 is 0 Å². The van der Waals surface area contributed by atoms with Crippen molar-refractivity contribution in [3.8, 4) is 22.8 Å². The molecule has 0 amide bonds. The number of hydrogen-bond acceptors (Lipinski definition) is 8. The molecule has 2 aromatic carbocycles. The maximum absolute atomic E-state index is 12.8. The van der Waals surface area contributed by atoms with E-state index in [-0.39, 0.29) is 17.2 Å². The molecule has 0 unspecified atom stereocenters. The zero-order valence-electron chi connectivity index (χ0n) is 18.1. The van der Waals surface area contributed by atoms with E-state index in [0.29, 0.717) is 48.8 Å². The number of carbonyl (C=O) groups excluding carboxylic acids is 1.